The fraction of sp³-hybridized carbons (Fsp3) is 0.429. The van der Waals surface area contributed by atoms with Crippen LogP contribution in [0.1, 0.15) is 24.8 Å². The third-order valence-corrected chi connectivity index (χ3v) is 5.90. The zero-order valence-electron chi connectivity index (χ0n) is 16.3. The second-order valence-corrected chi connectivity index (χ2v) is 7.78. The smallest absolute Gasteiger partial charge is 0.396 e. The molecule has 1 aromatic heterocycles. The predicted molar refractivity (Wildman–Crippen MR) is 112 cm³/mol. The molecule has 2 aromatic rings. The number of hydrogen-bond acceptors (Lipinski definition) is 6. The van der Waals surface area contributed by atoms with Crippen LogP contribution in [0.4, 0.5) is 5.69 Å². The van der Waals surface area contributed by atoms with Crippen molar-refractivity contribution >= 4 is 28.9 Å². The molecule has 1 saturated heterocycles. The maximum atomic E-state index is 12.1. The number of esters is 1. The van der Waals surface area contributed by atoms with Crippen LogP contribution in [-0.2, 0) is 14.3 Å². The van der Waals surface area contributed by atoms with Crippen molar-refractivity contribution in [2.45, 2.75) is 25.9 Å². The number of piperazine rings is 1. The molecule has 2 atom stereocenters. The van der Waals surface area contributed by atoms with Gasteiger partial charge in [-0.05, 0) is 37.4 Å². The summed E-state index contributed by atoms with van der Waals surface area (Å²) in [5, 5.41) is 4.88. The molecule has 0 radical (unpaired) electrons. The minimum Gasteiger partial charge on any atom is -0.459 e. The monoisotopic (exact) mass is 401 g/mol. The number of nitrogens with one attached hydrogen (secondary N) is 1. The molecule has 0 unspecified atom stereocenters. The summed E-state index contributed by atoms with van der Waals surface area (Å²) in [6, 6.07) is 14.3. The topological polar surface area (TPSA) is 61.9 Å². The Labute approximate surface area is 170 Å². The molecular weight excluding hydrogens is 374 g/mol. The molecule has 150 valence electrons. The van der Waals surface area contributed by atoms with E-state index in [1.165, 1.54) is 10.6 Å². The molecule has 1 fully saturated rings. The Morgan fingerprint density at radius 2 is 1.82 bits per heavy atom. The van der Waals surface area contributed by atoms with Gasteiger partial charge in [-0.1, -0.05) is 24.3 Å². The number of carbonyl (C=O) groups excluding carboxylic acids is 2. The number of para-hydroxylation sites is 1. The fourth-order valence-electron chi connectivity index (χ4n) is 3.64. The van der Waals surface area contributed by atoms with E-state index in [9.17, 15) is 9.59 Å². The fourth-order valence-corrected chi connectivity index (χ4v) is 4.60. The van der Waals surface area contributed by atoms with Crippen molar-refractivity contribution in [2.75, 3.05) is 37.7 Å². The van der Waals surface area contributed by atoms with Crippen LogP contribution in [0.5, 0.6) is 0 Å². The summed E-state index contributed by atoms with van der Waals surface area (Å²) in [6.45, 7) is 7.44. The number of anilines is 1. The molecule has 6 nitrogen and oxygen atoms in total. The van der Waals surface area contributed by atoms with E-state index >= 15 is 0 Å². The molecule has 28 heavy (non-hydrogen) atoms. The highest BCUT2D eigenvalue weighted by molar-refractivity contribution is 7.10. The summed E-state index contributed by atoms with van der Waals surface area (Å²) >= 11 is 1.67. The molecule has 1 amide bonds. The summed E-state index contributed by atoms with van der Waals surface area (Å²) in [5.41, 5.74) is 1.23. The number of nitrogens with zero attached hydrogens (tertiary/aromatic N) is 2. The lowest BCUT2D eigenvalue weighted by Gasteiger charge is -2.42. The van der Waals surface area contributed by atoms with Crippen molar-refractivity contribution in [3.05, 3.63) is 52.7 Å². The summed E-state index contributed by atoms with van der Waals surface area (Å²) < 4.78 is 4.81. The first-order valence-electron chi connectivity index (χ1n) is 9.65. The lowest BCUT2D eigenvalue weighted by atomic mass is 10.0. The minimum atomic E-state index is -0.826. The second-order valence-electron chi connectivity index (χ2n) is 6.80. The molecule has 3 rings (SSSR count). The molecule has 0 saturated carbocycles. The highest BCUT2D eigenvalue weighted by Gasteiger charge is 2.32. The minimum absolute atomic E-state index is 0.0244. The molecule has 0 bridgehead atoms. The lowest BCUT2D eigenvalue weighted by Crippen LogP contribution is -2.53. The summed E-state index contributed by atoms with van der Waals surface area (Å²) in [4.78, 5) is 29.8. The molecular formula is C21H27N3O3S. The Hall–Kier alpha value is -2.38. The van der Waals surface area contributed by atoms with Crippen LogP contribution in [-0.4, -0.2) is 55.6 Å². The first-order chi connectivity index (χ1) is 13.6. The van der Waals surface area contributed by atoms with E-state index in [1.807, 2.05) is 24.4 Å². The molecule has 0 aliphatic carbocycles. The Bertz CT molecular complexity index is 758. The van der Waals surface area contributed by atoms with Gasteiger partial charge in [0.15, 0.2) is 0 Å². The zero-order chi connectivity index (χ0) is 19.9. The van der Waals surface area contributed by atoms with Crippen molar-refractivity contribution < 1.29 is 14.3 Å². The summed E-state index contributed by atoms with van der Waals surface area (Å²) in [6.07, 6.45) is 0. The summed E-state index contributed by atoms with van der Waals surface area (Å²) in [5.74, 6) is -1.51. The predicted octanol–water partition coefficient (Wildman–Crippen LogP) is 2.68. The number of amides is 1. The molecule has 1 aliphatic heterocycles. The van der Waals surface area contributed by atoms with Crippen molar-refractivity contribution in [1.82, 2.24) is 10.2 Å². The standard InChI is InChI=1S/C21H27N3O3S/c1-3-27-21(26)20(25)22-16(2)19(18-10-7-15-28-18)24-13-11-23(12-14-24)17-8-5-4-6-9-17/h4-10,15-16,19H,3,11-14H2,1-2H3,(H,22,25)/t16-,19-/m0/s1. The average Bonchev–Trinajstić information content (AvgIpc) is 3.24. The largest absolute Gasteiger partial charge is 0.459 e. The molecule has 2 heterocycles. The third-order valence-electron chi connectivity index (χ3n) is 4.96. The number of carbonyl (C=O) groups is 2. The highest BCUT2D eigenvalue weighted by Crippen LogP contribution is 2.30. The number of thiophene rings is 1. The quantitative estimate of drug-likeness (QED) is 0.596. The Kier molecular flexibility index (Phi) is 7.06. The van der Waals surface area contributed by atoms with Crippen LogP contribution in [0.3, 0.4) is 0 Å². The van der Waals surface area contributed by atoms with E-state index in [2.05, 4.69) is 45.4 Å². The van der Waals surface area contributed by atoms with Gasteiger partial charge in [0, 0.05) is 42.8 Å². The zero-order valence-corrected chi connectivity index (χ0v) is 17.2. The molecule has 0 spiro atoms. The number of rotatable bonds is 6. The second kappa shape index (κ2) is 9.71. The van der Waals surface area contributed by atoms with Gasteiger partial charge in [-0.15, -0.1) is 11.3 Å². The van der Waals surface area contributed by atoms with Gasteiger partial charge >= 0.3 is 11.9 Å². The van der Waals surface area contributed by atoms with E-state index in [0.29, 0.717) is 0 Å². The van der Waals surface area contributed by atoms with Crippen LogP contribution in [0.25, 0.3) is 0 Å². The Morgan fingerprint density at radius 3 is 2.43 bits per heavy atom. The SMILES string of the molecule is CCOC(=O)C(=O)N[C@@H](C)[C@@H](c1cccs1)N1CCN(c2ccccc2)CC1. The number of ether oxygens (including phenoxy) is 1. The van der Waals surface area contributed by atoms with Crippen LogP contribution >= 0.6 is 11.3 Å². The molecule has 1 aliphatic rings. The average molecular weight is 402 g/mol. The normalized spacial score (nSPS) is 17.0. The molecule has 1 N–H and O–H groups in total. The van der Waals surface area contributed by atoms with Crippen molar-refractivity contribution in [1.29, 1.82) is 0 Å². The van der Waals surface area contributed by atoms with Gasteiger partial charge in [-0.2, -0.15) is 0 Å². The van der Waals surface area contributed by atoms with Gasteiger partial charge in [0.05, 0.1) is 12.6 Å². The van der Waals surface area contributed by atoms with Gasteiger partial charge < -0.3 is 15.0 Å². The molecule has 7 heteroatoms. The van der Waals surface area contributed by atoms with Gasteiger partial charge in [-0.25, -0.2) is 4.79 Å². The van der Waals surface area contributed by atoms with Crippen molar-refractivity contribution in [3.8, 4) is 0 Å². The van der Waals surface area contributed by atoms with E-state index in [1.54, 1.807) is 18.3 Å². The Morgan fingerprint density at radius 1 is 1.11 bits per heavy atom. The van der Waals surface area contributed by atoms with Crippen LogP contribution in [0.2, 0.25) is 0 Å². The lowest BCUT2D eigenvalue weighted by molar-refractivity contribution is -0.155. The van der Waals surface area contributed by atoms with Crippen LogP contribution < -0.4 is 10.2 Å². The van der Waals surface area contributed by atoms with E-state index in [-0.39, 0.29) is 18.7 Å². The maximum absolute atomic E-state index is 12.1. The van der Waals surface area contributed by atoms with Gasteiger partial charge in [0.1, 0.15) is 0 Å². The first kappa shape index (κ1) is 20.4. The van der Waals surface area contributed by atoms with Crippen LogP contribution in [0, 0.1) is 0 Å². The highest BCUT2D eigenvalue weighted by atomic mass is 32.1. The Balaban J connectivity index is 1.68. The first-order valence-corrected chi connectivity index (χ1v) is 10.5. The van der Waals surface area contributed by atoms with E-state index in [4.69, 9.17) is 4.74 Å². The maximum Gasteiger partial charge on any atom is 0.396 e. The van der Waals surface area contributed by atoms with Crippen LogP contribution in [0.15, 0.2) is 47.8 Å². The summed E-state index contributed by atoms with van der Waals surface area (Å²) in [7, 11) is 0. The van der Waals surface area contributed by atoms with Crippen molar-refractivity contribution in [3.63, 3.8) is 0 Å². The van der Waals surface area contributed by atoms with Crippen molar-refractivity contribution in [2.24, 2.45) is 0 Å². The third kappa shape index (κ3) is 4.91. The number of benzene rings is 1. The van der Waals surface area contributed by atoms with Gasteiger partial charge in [0.2, 0.25) is 0 Å². The van der Waals surface area contributed by atoms with E-state index in [0.717, 1.165) is 26.2 Å². The van der Waals surface area contributed by atoms with Gasteiger partial charge in [0.25, 0.3) is 0 Å². The molecule has 1 aromatic carbocycles. The number of hydrogen-bond donors (Lipinski definition) is 1. The van der Waals surface area contributed by atoms with E-state index < -0.39 is 11.9 Å². The van der Waals surface area contributed by atoms with Gasteiger partial charge in [-0.3, -0.25) is 9.69 Å².